The number of hydrogen-bond donors (Lipinski definition) is 2. The second-order valence-electron chi connectivity index (χ2n) is 9.26. The summed E-state index contributed by atoms with van der Waals surface area (Å²) >= 11 is 0. The van der Waals surface area contributed by atoms with Crippen molar-refractivity contribution in [1.82, 2.24) is 20.2 Å². The zero-order valence-corrected chi connectivity index (χ0v) is 18.7. The van der Waals surface area contributed by atoms with Gasteiger partial charge in [-0.2, -0.15) is 4.39 Å². The van der Waals surface area contributed by atoms with Crippen molar-refractivity contribution in [1.29, 1.82) is 0 Å². The summed E-state index contributed by atoms with van der Waals surface area (Å²) in [6, 6.07) is 7.86. The van der Waals surface area contributed by atoms with E-state index < -0.39 is 5.95 Å². The van der Waals surface area contributed by atoms with Gasteiger partial charge in [-0.15, -0.1) is 0 Å². The average Bonchev–Trinajstić information content (AvgIpc) is 3.43. The van der Waals surface area contributed by atoms with Crippen molar-refractivity contribution in [3.05, 3.63) is 57.5 Å². The third-order valence-electron chi connectivity index (χ3n) is 7.81. The number of fused-ring (bicyclic) bond motifs is 1. The zero-order chi connectivity index (χ0) is 22.5. The van der Waals surface area contributed by atoms with E-state index in [4.69, 9.17) is 0 Å². The number of nitrogens with zero attached hydrogens (tertiary/aromatic N) is 3. The Balaban J connectivity index is 1.23. The molecule has 2 aromatic rings. The predicted molar refractivity (Wildman–Crippen MR) is 121 cm³/mol. The Hall–Kier alpha value is -2.74. The molecule has 3 unspecified atom stereocenters. The highest BCUT2D eigenvalue weighted by atomic mass is 19.1. The molecule has 0 spiro atoms. The Labute approximate surface area is 187 Å². The molecule has 2 N–H and O–H groups in total. The molecular formula is C24H30FN5O2. The first-order chi connectivity index (χ1) is 15.5. The summed E-state index contributed by atoms with van der Waals surface area (Å²) in [6.45, 7) is 5.22. The van der Waals surface area contributed by atoms with E-state index in [0.717, 1.165) is 63.1 Å². The number of carbonyl (C=O) groups excluding carboxylic acids is 1. The SMILES string of the molecule is CCc1ccc(C23CCC(N4CCN(c5ccc(C(=O)NC)nc5F)CC4)C2C3)[nH]c1=O. The number of pyridine rings is 2. The second-order valence-corrected chi connectivity index (χ2v) is 9.26. The third-order valence-corrected chi connectivity index (χ3v) is 7.81. The number of aryl methyl sites for hydroxylation is 1. The number of amides is 1. The van der Waals surface area contributed by atoms with Crippen LogP contribution in [0.3, 0.4) is 0 Å². The average molecular weight is 440 g/mol. The highest BCUT2D eigenvalue weighted by molar-refractivity contribution is 5.92. The molecule has 1 amide bonds. The largest absolute Gasteiger partial charge is 0.365 e. The van der Waals surface area contributed by atoms with Gasteiger partial charge in [-0.05, 0) is 49.8 Å². The maximum Gasteiger partial charge on any atom is 0.269 e. The van der Waals surface area contributed by atoms with Crippen LogP contribution in [-0.2, 0) is 11.8 Å². The van der Waals surface area contributed by atoms with E-state index >= 15 is 0 Å². The lowest BCUT2D eigenvalue weighted by Gasteiger charge is -2.39. The molecule has 8 heteroatoms. The number of aromatic amines is 1. The first-order valence-electron chi connectivity index (χ1n) is 11.6. The minimum atomic E-state index is -0.596. The lowest BCUT2D eigenvalue weighted by molar-refractivity contribution is 0.0957. The Bertz CT molecular complexity index is 1090. The monoisotopic (exact) mass is 439 g/mol. The number of hydrogen-bond acceptors (Lipinski definition) is 5. The summed E-state index contributed by atoms with van der Waals surface area (Å²) in [5.74, 6) is -0.399. The third kappa shape index (κ3) is 3.41. The van der Waals surface area contributed by atoms with Crippen LogP contribution in [0.4, 0.5) is 10.1 Å². The zero-order valence-electron chi connectivity index (χ0n) is 18.7. The Morgan fingerprint density at radius 1 is 1.25 bits per heavy atom. The minimum Gasteiger partial charge on any atom is -0.365 e. The van der Waals surface area contributed by atoms with Crippen LogP contribution in [0.25, 0.3) is 0 Å². The lowest BCUT2D eigenvalue weighted by atomic mass is 9.98. The number of halogens is 1. The van der Waals surface area contributed by atoms with Crippen LogP contribution in [-0.4, -0.2) is 60.0 Å². The lowest BCUT2D eigenvalue weighted by Crippen LogP contribution is -2.51. The molecule has 0 bridgehead atoms. The van der Waals surface area contributed by atoms with Crippen LogP contribution in [0.1, 0.15) is 47.9 Å². The van der Waals surface area contributed by atoms with Crippen molar-refractivity contribution >= 4 is 11.6 Å². The summed E-state index contributed by atoms with van der Waals surface area (Å²) in [6.07, 6.45) is 4.14. The number of rotatable bonds is 5. The molecule has 2 saturated carbocycles. The van der Waals surface area contributed by atoms with Crippen molar-refractivity contribution in [2.45, 2.75) is 44.1 Å². The molecular weight excluding hydrogens is 409 g/mol. The van der Waals surface area contributed by atoms with Crippen molar-refractivity contribution in [3.63, 3.8) is 0 Å². The first-order valence-corrected chi connectivity index (χ1v) is 11.6. The second kappa shape index (κ2) is 7.99. The number of piperazine rings is 1. The van der Waals surface area contributed by atoms with Gasteiger partial charge in [0.05, 0.1) is 5.69 Å². The first kappa shape index (κ1) is 21.1. The normalized spacial score (nSPS) is 27.3. The van der Waals surface area contributed by atoms with Crippen LogP contribution < -0.4 is 15.8 Å². The molecule has 3 heterocycles. The van der Waals surface area contributed by atoms with Gasteiger partial charge in [0.1, 0.15) is 5.69 Å². The van der Waals surface area contributed by atoms with Gasteiger partial charge in [0, 0.05) is 55.9 Å². The van der Waals surface area contributed by atoms with Crippen molar-refractivity contribution in [2.24, 2.45) is 5.92 Å². The van der Waals surface area contributed by atoms with E-state index in [0.29, 0.717) is 17.6 Å². The van der Waals surface area contributed by atoms with Crippen LogP contribution in [0.2, 0.25) is 0 Å². The fourth-order valence-corrected chi connectivity index (χ4v) is 5.90. The van der Waals surface area contributed by atoms with Crippen molar-refractivity contribution < 1.29 is 9.18 Å². The number of aromatic nitrogens is 2. The molecule has 0 radical (unpaired) electrons. The molecule has 3 atom stereocenters. The molecule has 1 aliphatic heterocycles. The van der Waals surface area contributed by atoms with Gasteiger partial charge in [0.25, 0.3) is 11.5 Å². The van der Waals surface area contributed by atoms with Gasteiger partial charge >= 0.3 is 0 Å². The summed E-state index contributed by atoms with van der Waals surface area (Å²) < 4.78 is 14.5. The van der Waals surface area contributed by atoms with Gasteiger partial charge in [-0.3, -0.25) is 14.5 Å². The fourth-order valence-electron chi connectivity index (χ4n) is 5.90. The summed E-state index contributed by atoms with van der Waals surface area (Å²) in [4.78, 5) is 35.5. The molecule has 3 fully saturated rings. The fraction of sp³-hybridized carbons (Fsp3) is 0.542. The number of nitrogens with one attached hydrogen (secondary N) is 2. The van der Waals surface area contributed by atoms with Gasteiger partial charge in [-0.1, -0.05) is 13.0 Å². The van der Waals surface area contributed by atoms with Crippen LogP contribution >= 0.6 is 0 Å². The molecule has 170 valence electrons. The number of anilines is 1. The smallest absolute Gasteiger partial charge is 0.269 e. The molecule has 7 nitrogen and oxygen atoms in total. The molecule has 1 saturated heterocycles. The van der Waals surface area contributed by atoms with Gasteiger partial charge in [-0.25, -0.2) is 4.98 Å². The van der Waals surface area contributed by atoms with Crippen molar-refractivity contribution in [3.8, 4) is 0 Å². The molecule has 5 rings (SSSR count). The Morgan fingerprint density at radius 2 is 2.03 bits per heavy atom. The van der Waals surface area contributed by atoms with Gasteiger partial charge < -0.3 is 15.2 Å². The minimum absolute atomic E-state index is 0.0557. The van der Waals surface area contributed by atoms with E-state index in [-0.39, 0.29) is 22.6 Å². The van der Waals surface area contributed by atoms with E-state index in [1.54, 1.807) is 12.1 Å². The standard InChI is InChI=1S/C24H30FN5O2/c1-3-15-4-7-20(28-22(15)31)24-9-8-18(16(24)14-24)29-10-12-30(13-11-29)19-6-5-17(23(32)26-2)27-21(19)25/h4-7,16,18H,3,8-14H2,1-2H3,(H,26,32)(H,28,31). The molecule has 3 aliphatic rings. The summed E-state index contributed by atoms with van der Waals surface area (Å²) in [5, 5.41) is 2.47. The molecule has 0 aromatic carbocycles. The summed E-state index contributed by atoms with van der Waals surface area (Å²) in [7, 11) is 1.50. The van der Waals surface area contributed by atoms with Crippen LogP contribution in [0.5, 0.6) is 0 Å². The number of H-pyrrole nitrogens is 1. The topological polar surface area (TPSA) is 81.3 Å². The summed E-state index contributed by atoms with van der Waals surface area (Å²) in [5.41, 5.74) is 2.69. The predicted octanol–water partition coefficient (Wildman–Crippen LogP) is 2.07. The van der Waals surface area contributed by atoms with Gasteiger partial charge in [0.2, 0.25) is 5.95 Å². The van der Waals surface area contributed by atoms with E-state index in [1.807, 2.05) is 17.9 Å². The quantitative estimate of drug-likeness (QED) is 0.698. The van der Waals surface area contributed by atoms with Crippen LogP contribution in [0.15, 0.2) is 29.1 Å². The maximum atomic E-state index is 14.5. The molecule has 2 aliphatic carbocycles. The number of carbonyl (C=O) groups is 1. The maximum absolute atomic E-state index is 14.5. The van der Waals surface area contributed by atoms with Crippen LogP contribution in [0, 0.1) is 11.9 Å². The van der Waals surface area contributed by atoms with Gasteiger partial charge in [0.15, 0.2) is 0 Å². The van der Waals surface area contributed by atoms with Crippen molar-refractivity contribution in [2.75, 3.05) is 38.1 Å². The van der Waals surface area contributed by atoms with E-state index in [1.165, 1.54) is 7.05 Å². The Kier molecular flexibility index (Phi) is 5.28. The molecule has 2 aromatic heterocycles. The highest BCUT2D eigenvalue weighted by Gasteiger charge is 2.64. The van der Waals surface area contributed by atoms with E-state index in [2.05, 4.69) is 26.3 Å². The highest BCUT2D eigenvalue weighted by Crippen LogP contribution is 2.64. The molecule has 32 heavy (non-hydrogen) atoms. The Morgan fingerprint density at radius 3 is 2.66 bits per heavy atom. The van der Waals surface area contributed by atoms with E-state index in [9.17, 15) is 14.0 Å².